The number of hydrogen-bond acceptors (Lipinski definition) is 7. The van der Waals surface area contributed by atoms with Crippen molar-refractivity contribution < 1.29 is 13.9 Å². The molecular weight excluding hydrogens is 516 g/mol. The second kappa shape index (κ2) is 9.59. The fraction of sp³-hybridized carbons (Fsp3) is 0.0690. The van der Waals surface area contributed by atoms with Crippen LogP contribution in [0.3, 0.4) is 0 Å². The van der Waals surface area contributed by atoms with E-state index < -0.39 is 23.7 Å². The van der Waals surface area contributed by atoms with Crippen molar-refractivity contribution in [2.24, 2.45) is 0 Å². The second-order valence-electron chi connectivity index (χ2n) is 8.97. The van der Waals surface area contributed by atoms with Gasteiger partial charge >= 0.3 is 0 Å². The standard InChI is InChI=1S/C29H19F2N7O2/c1-2-16-5-3-8-22-24(16)29(40)37(13-19-20(30)6-4-7-21(19)31)23(35-22)14-38-28-25(27(32)33-15-34-28)26(36-38)17-9-11-18(39)12-10-17/h1,3-12,15,39H,13-14H2,(H2,32,33,34). The van der Waals surface area contributed by atoms with Crippen LogP contribution in [0, 0.1) is 24.0 Å². The Labute approximate surface area is 225 Å². The Bertz CT molecular complexity index is 2020. The van der Waals surface area contributed by atoms with Crippen LogP contribution >= 0.6 is 0 Å². The summed E-state index contributed by atoms with van der Waals surface area (Å²) in [7, 11) is 0. The Morgan fingerprint density at radius 3 is 2.40 bits per heavy atom. The number of halogens is 2. The van der Waals surface area contributed by atoms with E-state index in [1.54, 1.807) is 30.3 Å². The number of hydrogen-bond donors (Lipinski definition) is 2. The minimum atomic E-state index is -0.803. The lowest BCUT2D eigenvalue weighted by molar-refractivity contribution is 0.475. The van der Waals surface area contributed by atoms with Gasteiger partial charge < -0.3 is 10.8 Å². The van der Waals surface area contributed by atoms with Gasteiger partial charge in [0.05, 0.1) is 22.8 Å². The summed E-state index contributed by atoms with van der Waals surface area (Å²) in [4.78, 5) is 26.9. The Morgan fingerprint density at radius 2 is 1.68 bits per heavy atom. The third-order valence-electron chi connectivity index (χ3n) is 6.59. The molecule has 0 aliphatic rings. The van der Waals surface area contributed by atoms with Gasteiger partial charge in [-0.25, -0.2) is 28.4 Å². The van der Waals surface area contributed by atoms with Crippen LogP contribution in [-0.4, -0.2) is 34.4 Å². The van der Waals surface area contributed by atoms with E-state index in [0.717, 1.165) is 12.1 Å². The van der Waals surface area contributed by atoms with Gasteiger partial charge in [-0.05, 0) is 48.5 Å². The van der Waals surface area contributed by atoms with Gasteiger partial charge in [-0.15, -0.1) is 6.42 Å². The van der Waals surface area contributed by atoms with Crippen molar-refractivity contribution in [1.82, 2.24) is 29.3 Å². The summed E-state index contributed by atoms with van der Waals surface area (Å²) < 4.78 is 32.0. The van der Waals surface area contributed by atoms with Gasteiger partial charge in [0.25, 0.3) is 5.56 Å². The summed E-state index contributed by atoms with van der Waals surface area (Å²) in [5.74, 6) is 1.29. The highest BCUT2D eigenvalue weighted by molar-refractivity contribution is 5.98. The fourth-order valence-corrected chi connectivity index (χ4v) is 4.65. The molecule has 3 aromatic heterocycles. The topological polar surface area (TPSA) is 125 Å². The molecule has 9 nitrogen and oxygen atoms in total. The zero-order valence-electron chi connectivity index (χ0n) is 20.7. The first-order valence-electron chi connectivity index (χ1n) is 12.0. The predicted octanol–water partition coefficient (Wildman–Crippen LogP) is 3.85. The number of terminal acetylenes is 1. The quantitative estimate of drug-likeness (QED) is 0.321. The first-order chi connectivity index (χ1) is 19.4. The average Bonchev–Trinajstić information content (AvgIpc) is 3.31. The van der Waals surface area contributed by atoms with E-state index in [0.29, 0.717) is 33.4 Å². The molecule has 0 bridgehead atoms. The van der Waals surface area contributed by atoms with E-state index in [-0.39, 0.29) is 34.9 Å². The molecule has 0 saturated heterocycles. The first kappa shape index (κ1) is 24.7. The van der Waals surface area contributed by atoms with Crippen molar-refractivity contribution in [2.75, 3.05) is 5.73 Å². The third-order valence-corrected chi connectivity index (χ3v) is 6.59. The molecule has 196 valence electrons. The molecule has 3 heterocycles. The minimum absolute atomic E-state index is 0.0767. The number of nitrogen functional groups attached to an aromatic ring is 1. The Balaban J connectivity index is 1.58. The molecule has 6 rings (SSSR count). The zero-order valence-corrected chi connectivity index (χ0v) is 20.7. The number of phenolic OH excluding ortho intramolecular Hbond substituents is 1. The molecule has 3 aromatic carbocycles. The number of fused-ring (bicyclic) bond motifs is 2. The summed E-state index contributed by atoms with van der Waals surface area (Å²) in [5, 5.41) is 15.0. The number of aromatic nitrogens is 6. The summed E-state index contributed by atoms with van der Waals surface area (Å²) in [5.41, 5.74) is 7.41. The van der Waals surface area contributed by atoms with Crippen LogP contribution in [0.25, 0.3) is 33.2 Å². The number of benzene rings is 3. The van der Waals surface area contributed by atoms with Crippen molar-refractivity contribution in [2.45, 2.75) is 13.1 Å². The zero-order chi connectivity index (χ0) is 28.0. The van der Waals surface area contributed by atoms with Crippen molar-refractivity contribution in [3.63, 3.8) is 0 Å². The molecule has 0 saturated carbocycles. The lowest BCUT2D eigenvalue weighted by Crippen LogP contribution is -2.28. The molecule has 0 atom stereocenters. The number of nitrogens with zero attached hydrogens (tertiary/aromatic N) is 6. The fourth-order valence-electron chi connectivity index (χ4n) is 4.65. The van der Waals surface area contributed by atoms with Crippen molar-refractivity contribution in [3.05, 3.63) is 106 Å². The van der Waals surface area contributed by atoms with E-state index in [4.69, 9.17) is 12.2 Å². The van der Waals surface area contributed by atoms with E-state index in [1.165, 1.54) is 33.8 Å². The van der Waals surface area contributed by atoms with Crippen molar-refractivity contribution in [3.8, 4) is 29.4 Å². The van der Waals surface area contributed by atoms with E-state index in [9.17, 15) is 18.7 Å². The summed E-state index contributed by atoms with van der Waals surface area (Å²) in [6.45, 7) is -0.539. The molecule has 11 heteroatoms. The lowest BCUT2D eigenvalue weighted by Gasteiger charge is -2.15. The molecule has 40 heavy (non-hydrogen) atoms. The normalized spacial score (nSPS) is 11.2. The SMILES string of the molecule is C#Cc1cccc2nc(Cn3nc(-c4ccc(O)cc4)c4c(N)ncnc43)n(Cc3c(F)cccc3F)c(=O)c12. The maximum atomic E-state index is 14.7. The van der Waals surface area contributed by atoms with Gasteiger partial charge in [0.1, 0.15) is 47.6 Å². The molecule has 0 unspecified atom stereocenters. The monoisotopic (exact) mass is 535 g/mol. The second-order valence-corrected chi connectivity index (χ2v) is 8.97. The van der Waals surface area contributed by atoms with Crippen LogP contribution in [0.4, 0.5) is 14.6 Å². The number of phenols is 1. The predicted molar refractivity (Wildman–Crippen MR) is 145 cm³/mol. The largest absolute Gasteiger partial charge is 0.508 e. The molecule has 0 fully saturated rings. The molecule has 3 N–H and O–H groups in total. The lowest BCUT2D eigenvalue weighted by atomic mass is 10.1. The number of aromatic hydroxyl groups is 1. The summed E-state index contributed by atoms with van der Waals surface area (Å²) in [6.07, 6.45) is 6.92. The average molecular weight is 536 g/mol. The molecular formula is C29H19F2N7O2. The maximum Gasteiger partial charge on any atom is 0.263 e. The maximum absolute atomic E-state index is 14.7. The molecule has 0 radical (unpaired) electrons. The van der Waals surface area contributed by atoms with Crippen molar-refractivity contribution in [1.29, 1.82) is 0 Å². The number of anilines is 1. The van der Waals surface area contributed by atoms with Crippen LogP contribution in [-0.2, 0) is 13.1 Å². The van der Waals surface area contributed by atoms with Crippen LogP contribution < -0.4 is 11.3 Å². The third kappa shape index (κ3) is 4.08. The van der Waals surface area contributed by atoms with Gasteiger partial charge in [-0.3, -0.25) is 9.36 Å². The Morgan fingerprint density at radius 1 is 0.950 bits per heavy atom. The Hall–Kier alpha value is -5.63. The summed E-state index contributed by atoms with van der Waals surface area (Å²) >= 11 is 0. The summed E-state index contributed by atoms with van der Waals surface area (Å²) in [6, 6.07) is 14.8. The Kier molecular flexibility index (Phi) is 5.92. The molecule has 0 aliphatic heterocycles. The smallest absolute Gasteiger partial charge is 0.263 e. The van der Waals surface area contributed by atoms with Crippen LogP contribution in [0.15, 0.2) is 71.8 Å². The van der Waals surface area contributed by atoms with Crippen LogP contribution in [0.5, 0.6) is 5.75 Å². The highest BCUT2D eigenvalue weighted by atomic mass is 19.1. The van der Waals surface area contributed by atoms with E-state index in [1.807, 2.05) is 0 Å². The molecule has 0 amide bonds. The van der Waals surface area contributed by atoms with E-state index in [2.05, 4.69) is 26.0 Å². The highest BCUT2D eigenvalue weighted by Crippen LogP contribution is 2.31. The van der Waals surface area contributed by atoms with Gasteiger partial charge in [-0.1, -0.05) is 18.1 Å². The molecule has 0 spiro atoms. The minimum Gasteiger partial charge on any atom is -0.508 e. The molecule has 0 aliphatic carbocycles. The van der Waals surface area contributed by atoms with Gasteiger partial charge in [0.15, 0.2) is 5.65 Å². The first-order valence-corrected chi connectivity index (χ1v) is 12.0. The van der Waals surface area contributed by atoms with Gasteiger partial charge in [0.2, 0.25) is 0 Å². The highest BCUT2D eigenvalue weighted by Gasteiger charge is 2.21. The van der Waals surface area contributed by atoms with Gasteiger partial charge in [-0.2, -0.15) is 5.10 Å². The van der Waals surface area contributed by atoms with Crippen LogP contribution in [0.1, 0.15) is 17.0 Å². The van der Waals surface area contributed by atoms with Gasteiger partial charge in [0, 0.05) is 16.7 Å². The van der Waals surface area contributed by atoms with Crippen LogP contribution in [0.2, 0.25) is 0 Å². The van der Waals surface area contributed by atoms with Crippen molar-refractivity contribution >= 4 is 27.8 Å². The number of rotatable bonds is 5. The molecule has 6 aromatic rings. The van der Waals surface area contributed by atoms with E-state index >= 15 is 0 Å². The number of nitrogens with two attached hydrogens (primary N) is 1.